The first-order valence-corrected chi connectivity index (χ1v) is 16.3. The third kappa shape index (κ3) is 41.3. The standard InChI is InChI=1S/C20H36O4.C11H20O2.C4H6O2/c1-3-5-7-9-11-13-17-23-19(21)15-16-20(22)24-18-14-12-10-8-6-4-2;1-4-7-8-9-10(5-2)13-11(12)6-3;1-3-6-4(2)5/h15-16H,3-14,17-18H2,1-2H3;6,10H,3-5,7-9H2,1-2H3;3H,1H2,2H3. The highest BCUT2D eigenvalue weighted by Crippen LogP contribution is 2.10. The minimum atomic E-state index is -0.472. The van der Waals surface area contributed by atoms with Crippen molar-refractivity contribution in [3.63, 3.8) is 0 Å². The van der Waals surface area contributed by atoms with E-state index in [-0.39, 0.29) is 18.0 Å². The van der Waals surface area contributed by atoms with Crippen molar-refractivity contribution in [2.45, 2.75) is 150 Å². The molecule has 1 unspecified atom stereocenters. The van der Waals surface area contributed by atoms with Crippen LogP contribution in [0.1, 0.15) is 144 Å². The Labute approximate surface area is 262 Å². The van der Waals surface area contributed by atoms with Crippen molar-refractivity contribution < 1.29 is 38.1 Å². The van der Waals surface area contributed by atoms with E-state index in [1.54, 1.807) is 0 Å². The molecule has 43 heavy (non-hydrogen) atoms. The van der Waals surface area contributed by atoms with Gasteiger partial charge in [0.05, 0.1) is 19.5 Å². The van der Waals surface area contributed by atoms with Gasteiger partial charge in [0.15, 0.2) is 0 Å². The summed E-state index contributed by atoms with van der Waals surface area (Å²) in [6.45, 7) is 17.3. The van der Waals surface area contributed by atoms with Crippen molar-refractivity contribution in [2.24, 2.45) is 0 Å². The Kier molecular flexibility index (Phi) is 38.5. The molecule has 0 aliphatic heterocycles. The number of carbonyl (C=O) groups excluding carboxylic acids is 4. The Hall–Kier alpha value is -2.90. The van der Waals surface area contributed by atoms with Gasteiger partial charge in [0.2, 0.25) is 0 Å². The Morgan fingerprint density at radius 2 is 1.02 bits per heavy atom. The molecule has 0 saturated heterocycles. The SMILES string of the molecule is C=CC(=O)OC(CC)CCCCC.C=COC(C)=O.CCCCCCCCOC(=O)C=CC(=O)OCCCCCCCC. The molecule has 0 N–H and O–H groups in total. The van der Waals surface area contributed by atoms with Crippen LogP contribution in [0.5, 0.6) is 0 Å². The molecule has 0 spiro atoms. The lowest BCUT2D eigenvalue weighted by molar-refractivity contribution is -0.143. The van der Waals surface area contributed by atoms with Gasteiger partial charge < -0.3 is 18.9 Å². The summed E-state index contributed by atoms with van der Waals surface area (Å²) in [5.41, 5.74) is 0. The van der Waals surface area contributed by atoms with Crippen molar-refractivity contribution in [3.05, 3.63) is 37.6 Å². The number of rotatable bonds is 24. The second-order valence-electron chi connectivity index (χ2n) is 10.1. The zero-order chi connectivity index (χ0) is 33.0. The van der Waals surface area contributed by atoms with Crippen LogP contribution in [0.3, 0.4) is 0 Å². The van der Waals surface area contributed by atoms with E-state index in [0.717, 1.165) is 63.4 Å². The van der Waals surface area contributed by atoms with Crippen molar-refractivity contribution >= 4 is 23.9 Å². The van der Waals surface area contributed by atoms with Gasteiger partial charge >= 0.3 is 23.9 Å². The molecule has 8 heteroatoms. The van der Waals surface area contributed by atoms with Crippen LogP contribution in [0.2, 0.25) is 0 Å². The molecule has 0 fully saturated rings. The van der Waals surface area contributed by atoms with Crippen molar-refractivity contribution in [1.82, 2.24) is 0 Å². The van der Waals surface area contributed by atoms with Crippen LogP contribution < -0.4 is 0 Å². The van der Waals surface area contributed by atoms with Crippen LogP contribution in [-0.2, 0) is 38.1 Å². The fourth-order valence-corrected chi connectivity index (χ4v) is 3.64. The predicted octanol–water partition coefficient (Wildman–Crippen LogP) is 9.12. The molecule has 0 aromatic carbocycles. The molecule has 0 bridgehead atoms. The maximum Gasteiger partial charge on any atom is 0.331 e. The van der Waals surface area contributed by atoms with E-state index < -0.39 is 11.9 Å². The van der Waals surface area contributed by atoms with Crippen molar-refractivity contribution in [2.75, 3.05) is 13.2 Å². The topological polar surface area (TPSA) is 105 Å². The number of carbonyl (C=O) groups is 4. The van der Waals surface area contributed by atoms with Crippen LogP contribution in [0.4, 0.5) is 0 Å². The maximum absolute atomic E-state index is 11.4. The fourth-order valence-electron chi connectivity index (χ4n) is 3.64. The van der Waals surface area contributed by atoms with Gasteiger partial charge in [-0.1, -0.05) is 118 Å². The second-order valence-corrected chi connectivity index (χ2v) is 10.1. The summed E-state index contributed by atoms with van der Waals surface area (Å²) < 4.78 is 19.4. The Morgan fingerprint density at radius 3 is 1.37 bits per heavy atom. The van der Waals surface area contributed by atoms with Crippen LogP contribution >= 0.6 is 0 Å². The molecule has 0 amide bonds. The van der Waals surface area contributed by atoms with Crippen LogP contribution in [0.15, 0.2) is 37.6 Å². The van der Waals surface area contributed by atoms with E-state index in [4.69, 9.17) is 14.2 Å². The first-order valence-electron chi connectivity index (χ1n) is 16.3. The Balaban J connectivity index is -0.000000698. The molecule has 8 nitrogen and oxygen atoms in total. The van der Waals surface area contributed by atoms with Gasteiger partial charge in [0.1, 0.15) is 6.10 Å². The summed E-state index contributed by atoms with van der Waals surface area (Å²) in [7, 11) is 0. The van der Waals surface area contributed by atoms with Gasteiger partial charge in [-0.05, 0) is 32.1 Å². The zero-order valence-corrected chi connectivity index (χ0v) is 28.0. The largest absolute Gasteiger partial charge is 0.463 e. The van der Waals surface area contributed by atoms with Gasteiger partial charge in [0, 0.05) is 25.2 Å². The van der Waals surface area contributed by atoms with Gasteiger partial charge in [-0.15, -0.1) is 0 Å². The van der Waals surface area contributed by atoms with Gasteiger partial charge in [-0.25, -0.2) is 14.4 Å². The summed E-state index contributed by atoms with van der Waals surface area (Å²) in [4.78, 5) is 43.5. The fraction of sp³-hybridized carbons (Fsp3) is 0.714. The lowest BCUT2D eigenvalue weighted by atomic mass is 10.1. The molecule has 0 aliphatic rings. The maximum atomic E-state index is 11.4. The lowest BCUT2D eigenvalue weighted by Gasteiger charge is -2.14. The van der Waals surface area contributed by atoms with Gasteiger partial charge in [0.25, 0.3) is 0 Å². The quantitative estimate of drug-likeness (QED) is 0.0350. The van der Waals surface area contributed by atoms with Gasteiger partial charge in [-0.2, -0.15) is 0 Å². The highest BCUT2D eigenvalue weighted by Gasteiger charge is 2.09. The molecular weight excluding hydrogens is 548 g/mol. The minimum absolute atomic E-state index is 0.0806. The van der Waals surface area contributed by atoms with E-state index in [9.17, 15) is 19.2 Å². The summed E-state index contributed by atoms with van der Waals surface area (Å²) in [5.74, 6) is -1.58. The first-order chi connectivity index (χ1) is 20.7. The molecule has 1 atom stereocenters. The summed E-state index contributed by atoms with van der Waals surface area (Å²) in [6.07, 6.45) is 23.9. The molecule has 0 aromatic heterocycles. The van der Waals surface area contributed by atoms with E-state index in [0.29, 0.717) is 13.2 Å². The second kappa shape index (κ2) is 37.1. The molecule has 0 radical (unpaired) electrons. The molecule has 0 rings (SSSR count). The number of ether oxygens (including phenoxy) is 4. The highest BCUT2D eigenvalue weighted by atomic mass is 16.5. The molecular formula is C35H62O8. The normalized spacial score (nSPS) is 10.7. The zero-order valence-electron chi connectivity index (χ0n) is 28.0. The highest BCUT2D eigenvalue weighted by molar-refractivity contribution is 5.91. The predicted molar refractivity (Wildman–Crippen MR) is 174 cm³/mol. The monoisotopic (exact) mass is 610 g/mol. The van der Waals surface area contributed by atoms with E-state index in [2.05, 4.69) is 38.7 Å². The smallest absolute Gasteiger partial charge is 0.331 e. The van der Waals surface area contributed by atoms with E-state index in [1.165, 1.54) is 77.2 Å². The average Bonchev–Trinajstić information content (AvgIpc) is 2.99. The number of unbranched alkanes of at least 4 members (excludes halogenated alkanes) is 12. The summed E-state index contributed by atoms with van der Waals surface area (Å²) in [6, 6.07) is 0. The first kappa shape index (κ1) is 44.5. The van der Waals surface area contributed by atoms with Crippen molar-refractivity contribution in [1.29, 1.82) is 0 Å². The molecule has 0 aliphatic carbocycles. The molecule has 250 valence electrons. The number of esters is 4. The molecule has 0 heterocycles. The molecule has 0 saturated carbocycles. The number of hydrogen-bond acceptors (Lipinski definition) is 8. The van der Waals surface area contributed by atoms with Crippen LogP contribution in [-0.4, -0.2) is 43.2 Å². The Morgan fingerprint density at radius 1 is 0.605 bits per heavy atom. The van der Waals surface area contributed by atoms with Gasteiger partial charge in [-0.3, -0.25) is 4.79 Å². The Bertz CT molecular complexity index is 697. The minimum Gasteiger partial charge on any atom is -0.463 e. The van der Waals surface area contributed by atoms with Crippen LogP contribution in [0.25, 0.3) is 0 Å². The summed E-state index contributed by atoms with van der Waals surface area (Å²) in [5, 5.41) is 0. The number of hydrogen-bond donors (Lipinski definition) is 0. The van der Waals surface area contributed by atoms with E-state index in [1.807, 2.05) is 6.92 Å². The van der Waals surface area contributed by atoms with E-state index >= 15 is 0 Å². The van der Waals surface area contributed by atoms with Crippen molar-refractivity contribution in [3.8, 4) is 0 Å². The van der Waals surface area contributed by atoms with Crippen LogP contribution in [0, 0.1) is 0 Å². The third-order valence-corrected chi connectivity index (χ3v) is 6.12. The molecule has 0 aromatic rings. The lowest BCUT2D eigenvalue weighted by Crippen LogP contribution is -2.15. The average molecular weight is 611 g/mol. The third-order valence-electron chi connectivity index (χ3n) is 6.12. The summed E-state index contributed by atoms with van der Waals surface area (Å²) >= 11 is 0.